The number of benzene rings is 2. The molecule has 0 fully saturated rings. The molecule has 0 aliphatic heterocycles. The maximum Gasteiger partial charge on any atom is 0.243 e. The van der Waals surface area contributed by atoms with Gasteiger partial charge in [0.2, 0.25) is 15.9 Å². The average Bonchev–Trinajstić information content (AvgIpc) is 2.72. The quantitative estimate of drug-likeness (QED) is 0.550. The smallest absolute Gasteiger partial charge is 0.243 e. The van der Waals surface area contributed by atoms with Crippen molar-refractivity contribution in [1.82, 2.24) is 5.32 Å². The van der Waals surface area contributed by atoms with Crippen LogP contribution in [0.3, 0.4) is 0 Å². The van der Waals surface area contributed by atoms with Crippen LogP contribution in [0.15, 0.2) is 48.5 Å². The van der Waals surface area contributed by atoms with Gasteiger partial charge in [-0.3, -0.25) is 9.10 Å². The SMILES string of the molecule is CCOc1ccc(CCCNC(=O)[C@@H](C)N(c2ccc(OC)cc2)S(C)(=O)=O)cc1. The van der Waals surface area contributed by atoms with Crippen molar-refractivity contribution in [3.05, 3.63) is 54.1 Å². The second kappa shape index (κ2) is 10.9. The van der Waals surface area contributed by atoms with E-state index < -0.39 is 16.1 Å². The van der Waals surface area contributed by atoms with Crippen LogP contribution < -0.4 is 19.1 Å². The van der Waals surface area contributed by atoms with Crippen molar-refractivity contribution in [3.8, 4) is 11.5 Å². The maximum absolute atomic E-state index is 12.6. The van der Waals surface area contributed by atoms with Gasteiger partial charge in [-0.1, -0.05) is 12.1 Å². The third-order valence-corrected chi connectivity index (χ3v) is 5.83. The van der Waals surface area contributed by atoms with Gasteiger partial charge in [0.1, 0.15) is 17.5 Å². The van der Waals surface area contributed by atoms with Crippen molar-refractivity contribution < 1.29 is 22.7 Å². The molecule has 30 heavy (non-hydrogen) atoms. The third-order valence-electron chi connectivity index (χ3n) is 4.59. The number of methoxy groups -OCH3 is 1. The Kier molecular flexibility index (Phi) is 8.53. The lowest BCUT2D eigenvalue weighted by atomic mass is 10.1. The Bertz CT molecular complexity index is 912. The molecule has 0 aliphatic rings. The highest BCUT2D eigenvalue weighted by Gasteiger charge is 2.28. The molecule has 0 heterocycles. The normalized spacial score (nSPS) is 12.1. The van der Waals surface area contributed by atoms with Crippen LogP contribution >= 0.6 is 0 Å². The number of carbonyl (C=O) groups is 1. The first-order chi connectivity index (χ1) is 14.3. The minimum absolute atomic E-state index is 0.345. The number of hydrogen-bond donors (Lipinski definition) is 1. The van der Waals surface area contributed by atoms with Crippen molar-refractivity contribution in [3.63, 3.8) is 0 Å². The number of nitrogens with one attached hydrogen (secondary N) is 1. The number of amides is 1. The topological polar surface area (TPSA) is 84.9 Å². The zero-order chi connectivity index (χ0) is 22.1. The zero-order valence-corrected chi connectivity index (χ0v) is 18.7. The molecule has 2 aromatic rings. The van der Waals surface area contributed by atoms with Gasteiger partial charge >= 0.3 is 0 Å². The van der Waals surface area contributed by atoms with Gasteiger partial charge in [-0.2, -0.15) is 0 Å². The molecular weight excluding hydrogens is 404 g/mol. The predicted molar refractivity (Wildman–Crippen MR) is 119 cm³/mol. The highest BCUT2D eigenvalue weighted by Crippen LogP contribution is 2.23. The highest BCUT2D eigenvalue weighted by atomic mass is 32.2. The van der Waals surface area contributed by atoms with Crippen molar-refractivity contribution in [1.29, 1.82) is 0 Å². The summed E-state index contributed by atoms with van der Waals surface area (Å²) in [5.41, 5.74) is 1.56. The molecule has 2 aromatic carbocycles. The highest BCUT2D eigenvalue weighted by molar-refractivity contribution is 7.92. The maximum atomic E-state index is 12.6. The summed E-state index contributed by atoms with van der Waals surface area (Å²) >= 11 is 0. The molecule has 7 nitrogen and oxygen atoms in total. The zero-order valence-electron chi connectivity index (χ0n) is 17.9. The first-order valence-corrected chi connectivity index (χ1v) is 11.7. The predicted octanol–water partition coefficient (Wildman–Crippen LogP) is 3.00. The second-order valence-corrected chi connectivity index (χ2v) is 8.76. The van der Waals surface area contributed by atoms with E-state index in [-0.39, 0.29) is 5.91 Å². The molecule has 0 bridgehead atoms. The largest absolute Gasteiger partial charge is 0.497 e. The van der Waals surface area contributed by atoms with E-state index in [4.69, 9.17) is 9.47 Å². The molecule has 1 N–H and O–H groups in total. The number of anilines is 1. The summed E-state index contributed by atoms with van der Waals surface area (Å²) < 4.78 is 36.3. The van der Waals surface area contributed by atoms with E-state index in [9.17, 15) is 13.2 Å². The molecule has 0 saturated carbocycles. The second-order valence-electron chi connectivity index (χ2n) is 6.90. The van der Waals surface area contributed by atoms with E-state index in [0.29, 0.717) is 24.6 Å². The van der Waals surface area contributed by atoms with Crippen molar-refractivity contribution >= 4 is 21.6 Å². The van der Waals surface area contributed by atoms with E-state index in [1.165, 1.54) is 7.11 Å². The Morgan fingerprint density at radius 1 is 1.07 bits per heavy atom. The van der Waals surface area contributed by atoms with Gasteiger partial charge in [-0.05, 0) is 68.7 Å². The fourth-order valence-corrected chi connectivity index (χ4v) is 4.28. The van der Waals surface area contributed by atoms with Gasteiger partial charge in [0.05, 0.1) is 25.7 Å². The first-order valence-electron chi connectivity index (χ1n) is 9.89. The average molecular weight is 435 g/mol. The van der Waals surface area contributed by atoms with E-state index in [0.717, 1.165) is 34.7 Å². The molecule has 1 amide bonds. The molecule has 2 rings (SSSR count). The number of hydrogen-bond acceptors (Lipinski definition) is 5. The molecule has 164 valence electrons. The van der Waals surface area contributed by atoms with Gasteiger partial charge in [-0.25, -0.2) is 8.42 Å². The number of nitrogens with zero attached hydrogens (tertiary/aromatic N) is 1. The number of carbonyl (C=O) groups excluding carboxylic acids is 1. The standard InChI is InChI=1S/C22H30N2O5S/c1-5-29-21-12-8-18(9-13-21)7-6-16-23-22(25)17(2)24(30(4,26)27)19-10-14-20(28-3)15-11-19/h8-15,17H,5-7,16H2,1-4H3,(H,23,25)/t17-/m1/s1. The van der Waals surface area contributed by atoms with E-state index >= 15 is 0 Å². The summed E-state index contributed by atoms with van der Waals surface area (Å²) in [5.74, 6) is 1.10. The lowest BCUT2D eigenvalue weighted by molar-refractivity contribution is -0.121. The molecule has 0 aromatic heterocycles. The molecular formula is C22H30N2O5S. The minimum Gasteiger partial charge on any atom is -0.497 e. The monoisotopic (exact) mass is 434 g/mol. The Labute approximate surface area is 179 Å². The summed E-state index contributed by atoms with van der Waals surface area (Å²) in [7, 11) is -2.11. The summed E-state index contributed by atoms with van der Waals surface area (Å²) in [6.07, 6.45) is 2.64. The van der Waals surface area contributed by atoms with Gasteiger partial charge in [-0.15, -0.1) is 0 Å². The van der Waals surface area contributed by atoms with Crippen LogP contribution in [0.25, 0.3) is 0 Å². The molecule has 0 spiro atoms. The van der Waals surface area contributed by atoms with Crippen molar-refractivity contribution in [2.75, 3.05) is 30.8 Å². The summed E-state index contributed by atoms with van der Waals surface area (Å²) in [5, 5.41) is 2.83. The van der Waals surface area contributed by atoms with Crippen LogP contribution in [0.1, 0.15) is 25.8 Å². The fourth-order valence-electron chi connectivity index (χ4n) is 3.11. The van der Waals surface area contributed by atoms with Crippen molar-refractivity contribution in [2.45, 2.75) is 32.7 Å². The lowest BCUT2D eigenvalue weighted by Gasteiger charge is -2.28. The molecule has 0 aliphatic carbocycles. The summed E-state index contributed by atoms with van der Waals surface area (Å²) in [4.78, 5) is 12.6. The van der Waals surface area contributed by atoms with Crippen LogP contribution in [-0.2, 0) is 21.2 Å². The van der Waals surface area contributed by atoms with Crippen LogP contribution in [0.5, 0.6) is 11.5 Å². The van der Waals surface area contributed by atoms with Gasteiger partial charge in [0.15, 0.2) is 0 Å². The third kappa shape index (κ3) is 6.66. The summed E-state index contributed by atoms with van der Waals surface area (Å²) in [6.45, 7) is 4.60. The Hall–Kier alpha value is -2.74. The lowest BCUT2D eigenvalue weighted by Crippen LogP contribution is -2.48. The minimum atomic E-state index is -3.64. The van der Waals surface area contributed by atoms with E-state index in [1.54, 1.807) is 31.2 Å². The number of sulfonamides is 1. The van der Waals surface area contributed by atoms with Crippen LogP contribution in [-0.4, -0.2) is 46.9 Å². The van der Waals surface area contributed by atoms with Gasteiger partial charge in [0, 0.05) is 6.54 Å². The van der Waals surface area contributed by atoms with Crippen molar-refractivity contribution in [2.24, 2.45) is 0 Å². The Balaban J connectivity index is 1.93. The number of ether oxygens (including phenoxy) is 2. The van der Waals surface area contributed by atoms with E-state index in [2.05, 4.69) is 5.32 Å². The number of aryl methyl sites for hydroxylation is 1. The first kappa shape index (κ1) is 23.5. The molecule has 0 unspecified atom stereocenters. The molecule has 0 radical (unpaired) electrons. The fraction of sp³-hybridized carbons (Fsp3) is 0.409. The van der Waals surface area contributed by atoms with Gasteiger partial charge in [0.25, 0.3) is 0 Å². The molecule has 1 atom stereocenters. The van der Waals surface area contributed by atoms with Crippen LogP contribution in [0.4, 0.5) is 5.69 Å². The van der Waals surface area contributed by atoms with Crippen LogP contribution in [0, 0.1) is 0 Å². The Morgan fingerprint density at radius 3 is 2.20 bits per heavy atom. The Morgan fingerprint density at radius 2 is 1.67 bits per heavy atom. The number of rotatable bonds is 11. The van der Waals surface area contributed by atoms with Gasteiger partial charge < -0.3 is 14.8 Å². The molecule has 0 saturated heterocycles. The molecule has 8 heteroatoms. The van der Waals surface area contributed by atoms with Crippen LogP contribution in [0.2, 0.25) is 0 Å². The summed E-state index contributed by atoms with van der Waals surface area (Å²) in [6, 6.07) is 13.6. The van der Waals surface area contributed by atoms with E-state index in [1.807, 2.05) is 31.2 Å².